The highest BCUT2D eigenvalue weighted by molar-refractivity contribution is 7.80. The van der Waals surface area contributed by atoms with E-state index in [1.54, 1.807) is 11.1 Å². The smallest absolute Gasteiger partial charge is 0.166 e. The van der Waals surface area contributed by atoms with E-state index in [0.717, 1.165) is 17.6 Å². The molecular formula is C14H18N2S. The summed E-state index contributed by atoms with van der Waals surface area (Å²) >= 11 is 5.15. The fourth-order valence-electron chi connectivity index (χ4n) is 3.03. The third-order valence-corrected chi connectivity index (χ3v) is 4.32. The molecule has 0 spiro atoms. The highest BCUT2D eigenvalue weighted by Gasteiger charge is 2.28. The van der Waals surface area contributed by atoms with Crippen LogP contribution in [-0.4, -0.2) is 17.7 Å². The maximum atomic E-state index is 5.15. The Morgan fingerprint density at radius 3 is 2.24 bits per heavy atom. The number of benzene rings is 1. The Labute approximate surface area is 108 Å². The van der Waals surface area contributed by atoms with E-state index in [4.69, 9.17) is 12.2 Å². The van der Waals surface area contributed by atoms with Crippen molar-refractivity contribution < 1.29 is 0 Å². The zero-order chi connectivity index (χ0) is 11.7. The number of thiocarbonyl (C=S) groups is 1. The molecule has 1 unspecified atom stereocenters. The van der Waals surface area contributed by atoms with Crippen molar-refractivity contribution in [2.45, 2.75) is 31.7 Å². The van der Waals surface area contributed by atoms with Crippen molar-refractivity contribution >= 4 is 17.3 Å². The second-order valence-corrected chi connectivity index (χ2v) is 5.48. The number of nitrogens with one attached hydrogen (secondary N) is 2. The lowest BCUT2D eigenvalue weighted by molar-refractivity contribution is 0.371. The van der Waals surface area contributed by atoms with E-state index >= 15 is 0 Å². The topological polar surface area (TPSA) is 24.1 Å². The van der Waals surface area contributed by atoms with Crippen LogP contribution in [0.1, 0.15) is 24.0 Å². The molecule has 0 saturated carbocycles. The minimum atomic E-state index is 0.539. The number of aryl methyl sites for hydroxylation is 2. The van der Waals surface area contributed by atoms with Crippen LogP contribution in [0.25, 0.3) is 0 Å². The van der Waals surface area contributed by atoms with E-state index in [0.29, 0.717) is 6.04 Å². The second kappa shape index (κ2) is 4.65. The van der Waals surface area contributed by atoms with Crippen LogP contribution in [0.4, 0.5) is 0 Å². The van der Waals surface area contributed by atoms with Crippen molar-refractivity contribution in [3.63, 3.8) is 0 Å². The predicted octanol–water partition coefficient (Wildman–Crippen LogP) is 2.03. The standard InChI is InChI=1S/C14H18N2S/c17-14-15-9-13(16-14)12-7-5-10-3-1-2-4-11(10)6-8-12/h1-4,12-13H,5-9H2,(H2,15,16,17). The summed E-state index contributed by atoms with van der Waals surface area (Å²) in [5, 5.41) is 7.46. The SMILES string of the molecule is S=C1NCC(C2CCc3ccccc3CC2)N1. The van der Waals surface area contributed by atoms with Crippen molar-refractivity contribution in [2.24, 2.45) is 5.92 Å². The van der Waals surface area contributed by atoms with E-state index in [2.05, 4.69) is 34.9 Å². The maximum Gasteiger partial charge on any atom is 0.166 e. The molecule has 2 aliphatic rings. The lowest BCUT2D eigenvalue weighted by Gasteiger charge is -2.20. The van der Waals surface area contributed by atoms with Gasteiger partial charge >= 0.3 is 0 Å². The molecule has 1 aromatic rings. The van der Waals surface area contributed by atoms with Crippen molar-refractivity contribution in [1.29, 1.82) is 0 Å². The predicted molar refractivity (Wildman–Crippen MR) is 74.1 cm³/mol. The number of hydrogen-bond donors (Lipinski definition) is 2. The highest BCUT2D eigenvalue weighted by Crippen LogP contribution is 2.27. The summed E-state index contributed by atoms with van der Waals surface area (Å²) in [5.41, 5.74) is 3.09. The van der Waals surface area contributed by atoms with Gasteiger partial charge in [-0.1, -0.05) is 24.3 Å². The average molecular weight is 246 g/mol. The Morgan fingerprint density at radius 1 is 1.06 bits per heavy atom. The number of hydrogen-bond acceptors (Lipinski definition) is 1. The molecule has 0 bridgehead atoms. The van der Waals surface area contributed by atoms with Gasteiger partial charge in [-0.05, 0) is 54.9 Å². The minimum Gasteiger partial charge on any atom is -0.361 e. The molecule has 0 amide bonds. The van der Waals surface area contributed by atoms with Crippen LogP contribution in [0.3, 0.4) is 0 Å². The lowest BCUT2D eigenvalue weighted by atomic mass is 9.92. The van der Waals surface area contributed by atoms with E-state index in [1.807, 2.05) is 0 Å². The third kappa shape index (κ3) is 2.29. The van der Waals surface area contributed by atoms with E-state index in [-0.39, 0.29) is 0 Å². The Kier molecular flexibility index (Phi) is 3.02. The zero-order valence-corrected chi connectivity index (χ0v) is 10.7. The van der Waals surface area contributed by atoms with Crippen molar-refractivity contribution in [3.8, 4) is 0 Å². The van der Waals surface area contributed by atoms with Gasteiger partial charge in [-0.15, -0.1) is 0 Å². The van der Waals surface area contributed by atoms with E-state index < -0.39 is 0 Å². The van der Waals surface area contributed by atoms with Gasteiger partial charge in [0.2, 0.25) is 0 Å². The van der Waals surface area contributed by atoms with Gasteiger partial charge in [-0.3, -0.25) is 0 Å². The molecule has 0 aromatic heterocycles. The van der Waals surface area contributed by atoms with E-state index in [9.17, 15) is 0 Å². The van der Waals surface area contributed by atoms with Gasteiger partial charge < -0.3 is 10.6 Å². The molecule has 1 aliphatic heterocycles. The quantitative estimate of drug-likeness (QED) is 0.586. The zero-order valence-electron chi connectivity index (χ0n) is 9.91. The number of rotatable bonds is 1. The van der Waals surface area contributed by atoms with Crippen LogP contribution in [0.2, 0.25) is 0 Å². The molecular weight excluding hydrogens is 228 g/mol. The summed E-state index contributed by atoms with van der Waals surface area (Å²) in [6.45, 7) is 1.000. The van der Waals surface area contributed by atoms with Crippen molar-refractivity contribution in [3.05, 3.63) is 35.4 Å². The van der Waals surface area contributed by atoms with E-state index in [1.165, 1.54) is 25.7 Å². The van der Waals surface area contributed by atoms with Crippen molar-refractivity contribution in [1.82, 2.24) is 10.6 Å². The van der Waals surface area contributed by atoms with Gasteiger partial charge in [0.15, 0.2) is 5.11 Å². The fraction of sp³-hybridized carbons (Fsp3) is 0.500. The molecule has 3 heteroatoms. The van der Waals surface area contributed by atoms with Gasteiger partial charge in [0, 0.05) is 12.6 Å². The Bertz CT molecular complexity index is 403. The van der Waals surface area contributed by atoms with Gasteiger partial charge in [-0.25, -0.2) is 0 Å². The fourth-order valence-corrected chi connectivity index (χ4v) is 3.27. The Morgan fingerprint density at radius 2 is 1.71 bits per heavy atom. The Balaban J connectivity index is 1.71. The molecule has 1 aromatic carbocycles. The average Bonchev–Trinajstić information content (AvgIpc) is 2.66. The molecule has 17 heavy (non-hydrogen) atoms. The van der Waals surface area contributed by atoms with Crippen LogP contribution in [0.15, 0.2) is 24.3 Å². The first-order valence-electron chi connectivity index (χ1n) is 6.44. The summed E-state index contributed by atoms with van der Waals surface area (Å²) in [6, 6.07) is 9.41. The van der Waals surface area contributed by atoms with Crippen LogP contribution in [0.5, 0.6) is 0 Å². The molecule has 2 N–H and O–H groups in total. The molecule has 1 aliphatic carbocycles. The normalized spacial score (nSPS) is 24.7. The summed E-state index contributed by atoms with van der Waals surface area (Å²) in [7, 11) is 0. The van der Waals surface area contributed by atoms with Crippen LogP contribution < -0.4 is 10.6 Å². The largest absolute Gasteiger partial charge is 0.361 e. The number of fused-ring (bicyclic) bond motifs is 1. The first-order valence-corrected chi connectivity index (χ1v) is 6.85. The highest BCUT2D eigenvalue weighted by atomic mass is 32.1. The van der Waals surface area contributed by atoms with Crippen molar-refractivity contribution in [2.75, 3.05) is 6.54 Å². The van der Waals surface area contributed by atoms with Crippen LogP contribution in [0, 0.1) is 5.92 Å². The maximum absolute atomic E-state index is 5.15. The molecule has 0 radical (unpaired) electrons. The minimum absolute atomic E-state index is 0.539. The molecule has 1 saturated heterocycles. The molecule has 1 heterocycles. The van der Waals surface area contributed by atoms with Gasteiger partial charge in [0.1, 0.15) is 0 Å². The second-order valence-electron chi connectivity index (χ2n) is 5.07. The lowest BCUT2D eigenvalue weighted by Crippen LogP contribution is -2.34. The molecule has 3 rings (SSSR count). The van der Waals surface area contributed by atoms with Crippen LogP contribution in [-0.2, 0) is 12.8 Å². The third-order valence-electron chi connectivity index (χ3n) is 4.06. The summed E-state index contributed by atoms with van der Waals surface area (Å²) < 4.78 is 0. The van der Waals surface area contributed by atoms with Gasteiger partial charge in [0.25, 0.3) is 0 Å². The molecule has 1 fully saturated rings. The Hall–Kier alpha value is -1.09. The van der Waals surface area contributed by atoms with Gasteiger partial charge in [0.05, 0.1) is 0 Å². The first kappa shape index (κ1) is 11.0. The summed E-state index contributed by atoms with van der Waals surface area (Å²) in [5.74, 6) is 0.746. The molecule has 90 valence electrons. The molecule has 1 atom stereocenters. The van der Waals surface area contributed by atoms with Gasteiger partial charge in [-0.2, -0.15) is 0 Å². The monoisotopic (exact) mass is 246 g/mol. The summed E-state index contributed by atoms with van der Waals surface area (Å²) in [6.07, 6.45) is 4.98. The first-order chi connectivity index (χ1) is 8.33. The van der Waals surface area contributed by atoms with Crippen LogP contribution >= 0.6 is 12.2 Å². The summed E-state index contributed by atoms with van der Waals surface area (Å²) in [4.78, 5) is 0. The molecule has 2 nitrogen and oxygen atoms in total.